The van der Waals surface area contributed by atoms with Crippen LogP contribution in [0.5, 0.6) is 5.88 Å². The van der Waals surface area contributed by atoms with Crippen molar-refractivity contribution < 1.29 is 4.74 Å². The van der Waals surface area contributed by atoms with E-state index in [2.05, 4.69) is 17.3 Å². The van der Waals surface area contributed by atoms with Gasteiger partial charge in [-0.15, -0.1) is 0 Å². The highest BCUT2D eigenvalue weighted by molar-refractivity contribution is 5.28. The molecule has 0 amide bonds. The minimum Gasteiger partial charge on any atom is -0.481 e. The van der Waals surface area contributed by atoms with Crippen LogP contribution in [0, 0.1) is 0 Å². The highest BCUT2D eigenvalue weighted by Gasteiger charge is 2.13. The van der Waals surface area contributed by atoms with E-state index in [1.165, 1.54) is 0 Å². The SMILES string of the molecule is CCCC(NN)c1cccnc1OC. The monoisotopic (exact) mass is 195 g/mol. The summed E-state index contributed by atoms with van der Waals surface area (Å²) in [5.74, 6) is 6.12. The van der Waals surface area contributed by atoms with E-state index in [-0.39, 0.29) is 6.04 Å². The number of rotatable bonds is 5. The smallest absolute Gasteiger partial charge is 0.217 e. The molecule has 0 spiro atoms. The van der Waals surface area contributed by atoms with E-state index in [0.29, 0.717) is 5.88 Å². The summed E-state index contributed by atoms with van der Waals surface area (Å²) in [6, 6.07) is 3.98. The minimum atomic E-state index is 0.114. The Hall–Kier alpha value is -1.13. The third-order valence-electron chi connectivity index (χ3n) is 2.15. The third-order valence-corrected chi connectivity index (χ3v) is 2.15. The highest BCUT2D eigenvalue weighted by Crippen LogP contribution is 2.24. The van der Waals surface area contributed by atoms with E-state index < -0.39 is 0 Å². The fourth-order valence-corrected chi connectivity index (χ4v) is 1.46. The summed E-state index contributed by atoms with van der Waals surface area (Å²) >= 11 is 0. The zero-order valence-electron chi connectivity index (χ0n) is 8.66. The van der Waals surface area contributed by atoms with Crippen molar-refractivity contribution in [1.29, 1.82) is 0 Å². The van der Waals surface area contributed by atoms with Gasteiger partial charge in [0.15, 0.2) is 0 Å². The summed E-state index contributed by atoms with van der Waals surface area (Å²) in [6.45, 7) is 2.12. The fraction of sp³-hybridized carbons (Fsp3) is 0.500. The first-order valence-electron chi connectivity index (χ1n) is 4.78. The number of hydrogen-bond acceptors (Lipinski definition) is 4. The van der Waals surface area contributed by atoms with Crippen LogP contribution in [-0.4, -0.2) is 12.1 Å². The molecule has 14 heavy (non-hydrogen) atoms. The lowest BCUT2D eigenvalue weighted by Gasteiger charge is -2.17. The number of ether oxygens (including phenoxy) is 1. The van der Waals surface area contributed by atoms with Gasteiger partial charge in [-0.3, -0.25) is 11.3 Å². The molecule has 0 saturated carbocycles. The molecular weight excluding hydrogens is 178 g/mol. The largest absolute Gasteiger partial charge is 0.481 e. The van der Waals surface area contributed by atoms with E-state index in [4.69, 9.17) is 10.6 Å². The number of nitrogens with two attached hydrogens (primary N) is 1. The highest BCUT2D eigenvalue weighted by atomic mass is 16.5. The number of nitrogens with one attached hydrogen (secondary N) is 1. The molecule has 1 rings (SSSR count). The summed E-state index contributed by atoms with van der Waals surface area (Å²) in [7, 11) is 1.62. The second-order valence-corrected chi connectivity index (χ2v) is 3.11. The van der Waals surface area contributed by atoms with E-state index in [1.807, 2.05) is 12.1 Å². The van der Waals surface area contributed by atoms with Gasteiger partial charge in [0.05, 0.1) is 13.2 Å². The van der Waals surface area contributed by atoms with Crippen molar-refractivity contribution in [3.05, 3.63) is 23.9 Å². The topological polar surface area (TPSA) is 60.2 Å². The van der Waals surface area contributed by atoms with Gasteiger partial charge in [0, 0.05) is 11.8 Å². The van der Waals surface area contributed by atoms with Crippen LogP contribution in [0.15, 0.2) is 18.3 Å². The molecule has 1 heterocycles. The Morgan fingerprint density at radius 2 is 2.43 bits per heavy atom. The Morgan fingerprint density at radius 1 is 1.64 bits per heavy atom. The fourth-order valence-electron chi connectivity index (χ4n) is 1.46. The average Bonchev–Trinajstić information content (AvgIpc) is 2.26. The van der Waals surface area contributed by atoms with Crippen LogP contribution >= 0.6 is 0 Å². The molecule has 3 N–H and O–H groups in total. The predicted octanol–water partition coefficient (Wildman–Crippen LogP) is 1.39. The van der Waals surface area contributed by atoms with Gasteiger partial charge < -0.3 is 4.74 Å². The first-order chi connectivity index (χ1) is 6.83. The van der Waals surface area contributed by atoms with Crippen molar-refractivity contribution in [2.45, 2.75) is 25.8 Å². The number of aromatic nitrogens is 1. The molecule has 0 saturated heterocycles. The molecule has 4 heteroatoms. The summed E-state index contributed by atoms with van der Waals surface area (Å²) in [4.78, 5) is 4.13. The first-order valence-corrected chi connectivity index (χ1v) is 4.78. The van der Waals surface area contributed by atoms with Gasteiger partial charge in [0.1, 0.15) is 0 Å². The molecule has 4 nitrogen and oxygen atoms in total. The quantitative estimate of drug-likeness (QED) is 0.550. The first kappa shape index (κ1) is 10.9. The predicted molar refractivity (Wildman–Crippen MR) is 55.8 cm³/mol. The summed E-state index contributed by atoms with van der Waals surface area (Å²) < 4.78 is 5.17. The minimum absolute atomic E-state index is 0.114. The maximum atomic E-state index is 5.48. The van der Waals surface area contributed by atoms with Crippen molar-refractivity contribution in [3.8, 4) is 5.88 Å². The van der Waals surface area contributed by atoms with Crippen LogP contribution in [0.3, 0.4) is 0 Å². The molecule has 0 aliphatic heterocycles. The molecule has 0 aliphatic carbocycles. The van der Waals surface area contributed by atoms with E-state index in [9.17, 15) is 0 Å². The number of hydrazine groups is 1. The van der Waals surface area contributed by atoms with Crippen LogP contribution in [0.4, 0.5) is 0 Å². The van der Waals surface area contributed by atoms with Crippen LogP contribution in [0.25, 0.3) is 0 Å². The van der Waals surface area contributed by atoms with Gasteiger partial charge in [0.2, 0.25) is 5.88 Å². The van der Waals surface area contributed by atoms with Crippen molar-refractivity contribution in [1.82, 2.24) is 10.4 Å². The normalized spacial score (nSPS) is 12.5. The molecule has 1 unspecified atom stereocenters. The van der Waals surface area contributed by atoms with Gasteiger partial charge >= 0.3 is 0 Å². The maximum absolute atomic E-state index is 5.48. The van der Waals surface area contributed by atoms with E-state index >= 15 is 0 Å². The molecule has 0 aromatic carbocycles. The van der Waals surface area contributed by atoms with Crippen LogP contribution in [-0.2, 0) is 0 Å². The number of nitrogens with zero attached hydrogens (tertiary/aromatic N) is 1. The zero-order chi connectivity index (χ0) is 10.4. The molecule has 0 fully saturated rings. The van der Waals surface area contributed by atoms with Crippen molar-refractivity contribution in [2.75, 3.05) is 7.11 Å². The van der Waals surface area contributed by atoms with Crippen molar-refractivity contribution in [2.24, 2.45) is 5.84 Å². The lowest BCUT2D eigenvalue weighted by molar-refractivity contribution is 0.379. The molecule has 0 aliphatic rings. The van der Waals surface area contributed by atoms with Gasteiger partial charge in [-0.05, 0) is 12.5 Å². The van der Waals surface area contributed by atoms with Crippen molar-refractivity contribution in [3.63, 3.8) is 0 Å². The van der Waals surface area contributed by atoms with Gasteiger partial charge in [-0.25, -0.2) is 4.98 Å². The molecule has 1 aromatic heterocycles. The van der Waals surface area contributed by atoms with Gasteiger partial charge in [0.25, 0.3) is 0 Å². The molecular formula is C10H17N3O. The zero-order valence-corrected chi connectivity index (χ0v) is 8.66. The average molecular weight is 195 g/mol. The van der Waals surface area contributed by atoms with E-state index in [1.54, 1.807) is 13.3 Å². The second-order valence-electron chi connectivity index (χ2n) is 3.11. The summed E-state index contributed by atoms with van der Waals surface area (Å²) in [5, 5.41) is 0. The van der Waals surface area contributed by atoms with Crippen LogP contribution < -0.4 is 16.0 Å². The summed E-state index contributed by atoms with van der Waals surface area (Å²) in [5.41, 5.74) is 3.79. The Bertz CT molecular complexity index is 278. The number of hydrogen-bond donors (Lipinski definition) is 2. The second kappa shape index (κ2) is 5.57. The lowest BCUT2D eigenvalue weighted by atomic mass is 10.0. The van der Waals surface area contributed by atoms with E-state index in [0.717, 1.165) is 18.4 Å². The number of pyridine rings is 1. The van der Waals surface area contributed by atoms with Crippen LogP contribution in [0.1, 0.15) is 31.4 Å². The van der Waals surface area contributed by atoms with Crippen molar-refractivity contribution >= 4 is 0 Å². The molecule has 78 valence electrons. The third kappa shape index (κ3) is 2.43. The maximum Gasteiger partial charge on any atom is 0.217 e. The summed E-state index contributed by atoms with van der Waals surface area (Å²) in [6.07, 6.45) is 3.74. The number of methoxy groups -OCH3 is 1. The Kier molecular flexibility index (Phi) is 4.35. The molecule has 1 atom stereocenters. The standard InChI is InChI=1S/C10H17N3O/c1-3-5-9(13-11)8-6-4-7-12-10(8)14-2/h4,6-7,9,13H,3,5,11H2,1-2H3. The lowest BCUT2D eigenvalue weighted by Crippen LogP contribution is -2.28. The molecule has 1 aromatic rings. The Morgan fingerprint density at radius 3 is 3.00 bits per heavy atom. The Labute approximate surface area is 84.4 Å². The van der Waals surface area contributed by atoms with Gasteiger partial charge in [-0.1, -0.05) is 19.4 Å². The Balaban J connectivity index is 2.90. The van der Waals surface area contributed by atoms with Gasteiger partial charge in [-0.2, -0.15) is 0 Å². The molecule has 0 bridgehead atoms. The molecule has 0 radical (unpaired) electrons. The van der Waals surface area contributed by atoms with Crippen LogP contribution in [0.2, 0.25) is 0 Å².